The largest absolute Gasteiger partial charge is 0.314 e. The summed E-state index contributed by atoms with van der Waals surface area (Å²) < 4.78 is 0. The minimum absolute atomic E-state index is 0.807. The third-order valence-electron chi connectivity index (χ3n) is 5.98. The molecule has 0 aromatic carbocycles. The smallest absolute Gasteiger partial charge is 0.00922 e. The summed E-state index contributed by atoms with van der Waals surface area (Å²) >= 11 is 0. The van der Waals surface area contributed by atoms with Gasteiger partial charge in [-0.3, -0.25) is 0 Å². The summed E-state index contributed by atoms with van der Waals surface area (Å²) in [5.41, 5.74) is 0. The summed E-state index contributed by atoms with van der Waals surface area (Å²) in [5, 5.41) is 3.84. The molecule has 0 aromatic heterocycles. The third kappa shape index (κ3) is 6.28. The first-order valence-electron chi connectivity index (χ1n) is 9.73. The van der Waals surface area contributed by atoms with Crippen LogP contribution >= 0.6 is 0 Å². The van der Waals surface area contributed by atoms with Crippen LogP contribution in [0.4, 0.5) is 0 Å². The van der Waals surface area contributed by atoms with Gasteiger partial charge in [-0.05, 0) is 64.6 Å². The first-order valence-corrected chi connectivity index (χ1v) is 9.73. The van der Waals surface area contributed by atoms with Crippen molar-refractivity contribution in [3.8, 4) is 0 Å². The third-order valence-corrected chi connectivity index (χ3v) is 5.98. The predicted octanol–water partition coefficient (Wildman–Crippen LogP) is 4.59. The zero-order valence-corrected chi connectivity index (χ0v) is 14.6. The zero-order chi connectivity index (χ0) is 14.9. The average molecular weight is 295 g/mol. The fourth-order valence-electron chi connectivity index (χ4n) is 4.33. The topological polar surface area (TPSA) is 15.3 Å². The Bertz CT molecular complexity index is 260. The minimum Gasteiger partial charge on any atom is -0.314 e. The van der Waals surface area contributed by atoms with E-state index in [2.05, 4.69) is 24.2 Å². The highest BCUT2D eigenvalue weighted by Crippen LogP contribution is 2.25. The van der Waals surface area contributed by atoms with Gasteiger partial charge in [0.1, 0.15) is 0 Å². The van der Waals surface area contributed by atoms with Crippen LogP contribution in [0.15, 0.2) is 0 Å². The molecule has 0 spiro atoms. The van der Waals surface area contributed by atoms with Crippen LogP contribution in [0.3, 0.4) is 0 Å². The van der Waals surface area contributed by atoms with Crippen molar-refractivity contribution in [1.29, 1.82) is 0 Å². The maximum absolute atomic E-state index is 3.84. The monoisotopic (exact) mass is 294 g/mol. The van der Waals surface area contributed by atoms with Crippen LogP contribution in [-0.2, 0) is 0 Å². The summed E-state index contributed by atoms with van der Waals surface area (Å²) in [6.07, 6.45) is 17.1. The van der Waals surface area contributed by atoms with Crippen LogP contribution in [-0.4, -0.2) is 37.1 Å². The van der Waals surface area contributed by atoms with Crippen molar-refractivity contribution in [1.82, 2.24) is 10.2 Å². The first kappa shape index (κ1) is 17.3. The number of nitrogens with zero attached hydrogens (tertiary/aromatic N) is 1. The van der Waals surface area contributed by atoms with Gasteiger partial charge in [0.15, 0.2) is 0 Å². The van der Waals surface area contributed by atoms with Gasteiger partial charge in [0.2, 0.25) is 0 Å². The van der Waals surface area contributed by atoms with Gasteiger partial charge in [-0.2, -0.15) is 0 Å². The lowest BCUT2D eigenvalue weighted by Gasteiger charge is -2.31. The lowest BCUT2D eigenvalue weighted by atomic mass is 9.94. The van der Waals surface area contributed by atoms with Gasteiger partial charge in [0.25, 0.3) is 0 Å². The Hall–Kier alpha value is -0.0800. The van der Waals surface area contributed by atoms with E-state index in [1.807, 2.05) is 0 Å². The molecule has 0 radical (unpaired) electrons. The minimum atomic E-state index is 0.807. The number of rotatable bonds is 7. The van der Waals surface area contributed by atoms with Crippen molar-refractivity contribution >= 4 is 0 Å². The van der Waals surface area contributed by atoms with Crippen molar-refractivity contribution in [3.05, 3.63) is 0 Å². The maximum Gasteiger partial charge on any atom is 0.00922 e. The highest BCUT2D eigenvalue weighted by molar-refractivity contribution is 4.76. The quantitative estimate of drug-likeness (QED) is 0.546. The molecule has 2 fully saturated rings. The van der Waals surface area contributed by atoms with E-state index < -0.39 is 0 Å². The molecule has 2 atom stereocenters. The highest BCUT2D eigenvalue weighted by atomic mass is 15.1. The fraction of sp³-hybridized carbons (Fsp3) is 1.00. The second kappa shape index (κ2) is 9.84. The second-order valence-electron chi connectivity index (χ2n) is 7.56. The Morgan fingerprint density at radius 1 is 0.905 bits per heavy atom. The van der Waals surface area contributed by atoms with Gasteiger partial charge in [0.05, 0.1) is 0 Å². The van der Waals surface area contributed by atoms with Gasteiger partial charge in [-0.1, -0.05) is 45.4 Å². The molecule has 2 nitrogen and oxygen atoms in total. The van der Waals surface area contributed by atoms with Crippen LogP contribution < -0.4 is 5.32 Å². The summed E-state index contributed by atoms with van der Waals surface area (Å²) in [7, 11) is 2.34. The lowest BCUT2D eigenvalue weighted by molar-refractivity contribution is 0.189. The number of hydrogen-bond donors (Lipinski definition) is 1. The Balaban J connectivity index is 1.54. The normalized spacial score (nSPS) is 28.7. The fourth-order valence-corrected chi connectivity index (χ4v) is 4.33. The van der Waals surface area contributed by atoms with Gasteiger partial charge in [0, 0.05) is 12.1 Å². The molecule has 2 unspecified atom stereocenters. The van der Waals surface area contributed by atoms with E-state index in [4.69, 9.17) is 0 Å². The molecule has 2 saturated carbocycles. The summed E-state index contributed by atoms with van der Waals surface area (Å²) in [6.45, 7) is 4.86. The highest BCUT2D eigenvalue weighted by Gasteiger charge is 2.19. The second-order valence-corrected chi connectivity index (χ2v) is 7.56. The molecule has 124 valence electrons. The van der Waals surface area contributed by atoms with Crippen LogP contribution in [0.1, 0.15) is 84.0 Å². The van der Waals surface area contributed by atoms with Crippen molar-refractivity contribution in [2.45, 2.75) is 96.1 Å². The Morgan fingerprint density at radius 2 is 1.71 bits per heavy atom. The van der Waals surface area contributed by atoms with Crippen LogP contribution in [0.2, 0.25) is 0 Å². The van der Waals surface area contributed by atoms with E-state index in [1.165, 1.54) is 90.1 Å². The van der Waals surface area contributed by atoms with Gasteiger partial charge in [-0.25, -0.2) is 0 Å². The van der Waals surface area contributed by atoms with Crippen LogP contribution in [0.25, 0.3) is 0 Å². The maximum atomic E-state index is 3.84. The number of hydrogen-bond acceptors (Lipinski definition) is 2. The zero-order valence-electron chi connectivity index (χ0n) is 14.6. The molecule has 0 aliphatic heterocycles. The van der Waals surface area contributed by atoms with E-state index >= 15 is 0 Å². The van der Waals surface area contributed by atoms with Crippen molar-refractivity contribution in [2.24, 2.45) is 5.92 Å². The molecular weight excluding hydrogens is 256 g/mol. The van der Waals surface area contributed by atoms with Crippen molar-refractivity contribution in [2.75, 3.05) is 20.1 Å². The van der Waals surface area contributed by atoms with E-state index in [9.17, 15) is 0 Å². The molecule has 0 saturated heterocycles. The van der Waals surface area contributed by atoms with Crippen LogP contribution in [0, 0.1) is 5.92 Å². The lowest BCUT2D eigenvalue weighted by Crippen LogP contribution is -2.36. The first-order chi connectivity index (χ1) is 10.3. The SMILES string of the molecule is CCC1CCCC(NCCCN(C)C2CCCCC2)CC1. The molecule has 2 heteroatoms. The molecule has 21 heavy (non-hydrogen) atoms. The Labute approximate surface area is 133 Å². The molecule has 0 heterocycles. The van der Waals surface area contributed by atoms with Gasteiger partial charge >= 0.3 is 0 Å². The van der Waals surface area contributed by atoms with Crippen LogP contribution in [0.5, 0.6) is 0 Å². The predicted molar refractivity (Wildman–Crippen MR) is 92.8 cm³/mol. The summed E-state index contributed by atoms with van der Waals surface area (Å²) in [5.74, 6) is 1.01. The molecule has 0 amide bonds. The van der Waals surface area contributed by atoms with Gasteiger partial charge in [-0.15, -0.1) is 0 Å². The van der Waals surface area contributed by atoms with E-state index in [0.717, 1.165) is 18.0 Å². The molecule has 0 aromatic rings. The molecule has 2 aliphatic carbocycles. The molecular formula is C19H38N2. The van der Waals surface area contributed by atoms with E-state index in [1.54, 1.807) is 0 Å². The van der Waals surface area contributed by atoms with Crippen molar-refractivity contribution in [3.63, 3.8) is 0 Å². The average Bonchev–Trinajstić information content (AvgIpc) is 2.77. The van der Waals surface area contributed by atoms with E-state index in [-0.39, 0.29) is 0 Å². The van der Waals surface area contributed by atoms with Crippen molar-refractivity contribution < 1.29 is 0 Å². The molecule has 1 N–H and O–H groups in total. The standard InChI is InChI=1S/C19H38N2/c1-3-17-9-7-10-18(14-13-17)20-15-8-16-21(2)19-11-5-4-6-12-19/h17-20H,3-16H2,1-2H3. The number of nitrogens with one attached hydrogen (secondary N) is 1. The summed E-state index contributed by atoms with van der Waals surface area (Å²) in [4.78, 5) is 2.63. The van der Waals surface area contributed by atoms with Gasteiger partial charge < -0.3 is 10.2 Å². The summed E-state index contributed by atoms with van der Waals surface area (Å²) in [6, 6.07) is 1.68. The van der Waals surface area contributed by atoms with E-state index in [0.29, 0.717) is 0 Å². The molecule has 0 bridgehead atoms. The molecule has 2 rings (SSSR count). The molecule has 2 aliphatic rings. The Morgan fingerprint density at radius 3 is 2.48 bits per heavy atom. The Kier molecular flexibility index (Phi) is 8.10.